The largest absolute Gasteiger partial charge is 0.504 e. The molecule has 2 heterocycles. The molecule has 2 aliphatic rings. The number of hydrogen-bond donors (Lipinski definition) is 7. The lowest BCUT2D eigenvalue weighted by atomic mass is 9.82. The molecule has 0 aromatic heterocycles. The fraction of sp³-hybridized carbons (Fsp3) is 0.440. The van der Waals surface area contributed by atoms with Crippen LogP contribution in [-0.2, 0) is 28.5 Å². The van der Waals surface area contributed by atoms with Gasteiger partial charge in [-0.15, -0.1) is 6.58 Å². The second-order valence-electron chi connectivity index (χ2n) is 8.67. The number of aliphatic carboxylic acids is 1. The number of rotatable bonds is 10. The molecule has 2 aliphatic heterocycles. The molecule has 3 rings (SSSR count). The van der Waals surface area contributed by atoms with Crippen LogP contribution in [-0.4, -0.2) is 97.9 Å². The average molecular weight is 539 g/mol. The van der Waals surface area contributed by atoms with Crippen LogP contribution in [0.4, 0.5) is 0 Å². The van der Waals surface area contributed by atoms with Gasteiger partial charge in [-0.05, 0) is 30.2 Å². The maximum absolute atomic E-state index is 12.1. The Hall–Kier alpha value is -3.46. The third-order valence-electron chi connectivity index (χ3n) is 6.23. The Kier molecular flexibility index (Phi) is 9.85. The van der Waals surface area contributed by atoms with Crippen molar-refractivity contribution in [2.75, 3.05) is 13.2 Å². The summed E-state index contributed by atoms with van der Waals surface area (Å²) in [6.07, 6.45) is -4.16. The van der Waals surface area contributed by atoms with Gasteiger partial charge in [-0.1, -0.05) is 12.1 Å². The minimum atomic E-state index is -1.70. The number of phenols is 2. The number of carboxylic acids is 1. The predicted molar refractivity (Wildman–Crippen MR) is 127 cm³/mol. The highest BCUT2D eigenvalue weighted by Crippen LogP contribution is 2.36. The van der Waals surface area contributed by atoms with Crippen molar-refractivity contribution in [3.05, 3.63) is 54.3 Å². The van der Waals surface area contributed by atoms with Crippen LogP contribution in [0.15, 0.2) is 48.8 Å². The first-order chi connectivity index (χ1) is 18.1. The summed E-state index contributed by atoms with van der Waals surface area (Å²) in [4.78, 5) is 23.9. The summed E-state index contributed by atoms with van der Waals surface area (Å²) in [5.74, 6) is -4.33. The quantitative estimate of drug-likeness (QED) is 0.0876. The van der Waals surface area contributed by atoms with Gasteiger partial charge in [-0.3, -0.25) is 0 Å². The Balaban J connectivity index is 1.65. The topological polar surface area (TPSA) is 213 Å². The van der Waals surface area contributed by atoms with Gasteiger partial charge >= 0.3 is 11.9 Å². The zero-order valence-electron chi connectivity index (χ0n) is 20.1. The molecule has 0 spiro atoms. The number of ether oxygens (including phenoxy) is 4. The first kappa shape index (κ1) is 29.1. The zero-order valence-corrected chi connectivity index (χ0v) is 20.1. The number of aliphatic hydroxyl groups is 4. The number of carboxylic acid groups (broad SMARTS) is 1. The molecule has 208 valence electrons. The number of carbonyl (C=O) groups is 2. The Labute approximate surface area is 217 Å². The first-order valence-corrected chi connectivity index (χ1v) is 11.6. The van der Waals surface area contributed by atoms with Crippen LogP contribution >= 0.6 is 0 Å². The Morgan fingerprint density at radius 3 is 2.42 bits per heavy atom. The highest BCUT2D eigenvalue weighted by atomic mass is 16.8. The van der Waals surface area contributed by atoms with Crippen LogP contribution in [0.3, 0.4) is 0 Å². The summed E-state index contributed by atoms with van der Waals surface area (Å²) in [7, 11) is 0. The van der Waals surface area contributed by atoms with Gasteiger partial charge in [0.1, 0.15) is 24.4 Å². The fourth-order valence-corrected chi connectivity index (χ4v) is 4.13. The second kappa shape index (κ2) is 12.9. The molecular weight excluding hydrogens is 508 g/mol. The molecule has 13 heteroatoms. The molecule has 38 heavy (non-hydrogen) atoms. The number of aromatic hydroxyl groups is 2. The maximum atomic E-state index is 12.1. The van der Waals surface area contributed by atoms with Gasteiger partial charge in [0.2, 0.25) is 6.29 Å². The van der Waals surface area contributed by atoms with Crippen LogP contribution in [0.1, 0.15) is 12.0 Å². The van der Waals surface area contributed by atoms with Gasteiger partial charge in [0.25, 0.3) is 0 Å². The summed E-state index contributed by atoms with van der Waals surface area (Å²) in [6.45, 7) is 2.83. The lowest BCUT2D eigenvalue weighted by Crippen LogP contribution is -2.60. The van der Waals surface area contributed by atoms with E-state index in [0.717, 1.165) is 12.3 Å². The number of benzene rings is 1. The SMILES string of the molecule is C=C[C@H]1[C@H](O[C@H]2O[C@H](CO)[C@@H](O)[C@H](O)[C@H]2O)OC=C(C(=O)O)[C@H]1CCOC(=O)C=Cc1ccc(O)c(O)c1. The molecular formula is C25H30O13. The highest BCUT2D eigenvalue weighted by Gasteiger charge is 2.47. The first-order valence-electron chi connectivity index (χ1n) is 11.6. The van der Waals surface area contributed by atoms with E-state index in [1.54, 1.807) is 0 Å². The van der Waals surface area contributed by atoms with Crippen molar-refractivity contribution >= 4 is 18.0 Å². The summed E-state index contributed by atoms with van der Waals surface area (Å²) in [5, 5.41) is 68.1. The Bertz CT molecular complexity index is 1070. The third-order valence-corrected chi connectivity index (χ3v) is 6.23. The number of phenolic OH excluding ortho intramolecular Hbond substituents is 2. The monoisotopic (exact) mass is 538 g/mol. The lowest BCUT2D eigenvalue weighted by Gasteiger charge is -2.43. The van der Waals surface area contributed by atoms with E-state index in [1.165, 1.54) is 30.4 Å². The van der Waals surface area contributed by atoms with Crippen molar-refractivity contribution in [2.24, 2.45) is 11.8 Å². The van der Waals surface area contributed by atoms with E-state index in [1.807, 2.05) is 0 Å². The number of hydrogen-bond acceptors (Lipinski definition) is 12. The van der Waals surface area contributed by atoms with Gasteiger partial charge in [-0.25, -0.2) is 9.59 Å². The van der Waals surface area contributed by atoms with Crippen LogP contribution in [0.2, 0.25) is 0 Å². The summed E-state index contributed by atoms with van der Waals surface area (Å²) >= 11 is 0. The average Bonchev–Trinajstić information content (AvgIpc) is 2.89. The van der Waals surface area contributed by atoms with Crippen molar-refractivity contribution in [1.82, 2.24) is 0 Å². The van der Waals surface area contributed by atoms with Crippen LogP contribution in [0.5, 0.6) is 11.5 Å². The predicted octanol–water partition coefficient (Wildman–Crippen LogP) is -0.396. The Morgan fingerprint density at radius 1 is 1.05 bits per heavy atom. The minimum Gasteiger partial charge on any atom is -0.504 e. The number of carbonyl (C=O) groups excluding carboxylic acids is 1. The van der Waals surface area contributed by atoms with Gasteiger partial charge in [0.05, 0.1) is 25.0 Å². The van der Waals surface area contributed by atoms with Crippen LogP contribution in [0.25, 0.3) is 6.08 Å². The molecule has 0 bridgehead atoms. The molecule has 13 nitrogen and oxygen atoms in total. The third kappa shape index (κ3) is 6.69. The number of esters is 1. The van der Waals surface area contributed by atoms with Gasteiger partial charge in [-0.2, -0.15) is 0 Å². The molecule has 1 saturated heterocycles. The Morgan fingerprint density at radius 2 is 1.79 bits per heavy atom. The van der Waals surface area contributed by atoms with Crippen LogP contribution < -0.4 is 0 Å². The lowest BCUT2D eigenvalue weighted by molar-refractivity contribution is -0.339. The van der Waals surface area contributed by atoms with E-state index in [-0.39, 0.29) is 30.1 Å². The molecule has 1 aromatic carbocycles. The minimum absolute atomic E-state index is 0.0201. The molecule has 0 amide bonds. The van der Waals surface area contributed by atoms with Gasteiger partial charge in [0.15, 0.2) is 17.8 Å². The summed E-state index contributed by atoms with van der Waals surface area (Å²) in [5.41, 5.74) is 0.285. The van der Waals surface area contributed by atoms with E-state index in [0.29, 0.717) is 5.56 Å². The van der Waals surface area contributed by atoms with Crippen molar-refractivity contribution in [3.8, 4) is 11.5 Å². The second-order valence-corrected chi connectivity index (χ2v) is 8.67. The molecule has 7 N–H and O–H groups in total. The van der Waals surface area contributed by atoms with E-state index < -0.39 is 67.4 Å². The van der Waals surface area contributed by atoms with Crippen molar-refractivity contribution in [3.63, 3.8) is 0 Å². The summed E-state index contributed by atoms with van der Waals surface area (Å²) in [6, 6.07) is 3.97. The van der Waals surface area contributed by atoms with E-state index in [2.05, 4.69) is 6.58 Å². The number of aliphatic hydroxyl groups excluding tert-OH is 4. The van der Waals surface area contributed by atoms with E-state index in [9.17, 15) is 45.3 Å². The van der Waals surface area contributed by atoms with Crippen LogP contribution in [0, 0.1) is 11.8 Å². The maximum Gasteiger partial charge on any atom is 0.334 e. The molecule has 0 unspecified atom stereocenters. The summed E-state index contributed by atoms with van der Waals surface area (Å²) < 4.78 is 21.6. The fourth-order valence-electron chi connectivity index (χ4n) is 4.13. The molecule has 1 fully saturated rings. The van der Waals surface area contributed by atoms with Gasteiger partial charge in [0, 0.05) is 17.9 Å². The molecule has 8 atom stereocenters. The molecule has 0 aliphatic carbocycles. The van der Waals surface area contributed by atoms with Gasteiger partial charge < -0.3 is 54.7 Å². The standard InChI is InChI=1S/C25H30O13/c1-2-13-14(7-8-35-19(29)6-4-12-3-5-16(27)17(28)9-12)15(23(33)34)11-36-24(13)38-25-22(32)21(31)20(30)18(10-26)37-25/h2-6,9,11,13-14,18,20-22,24-28,30-32H,1,7-8,10H2,(H,33,34)/t13-,14+,18-,20-,21+,22-,24+,25-/m1/s1. The van der Waals surface area contributed by atoms with E-state index in [4.69, 9.17) is 18.9 Å². The van der Waals surface area contributed by atoms with Crippen molar-refractivity contribution in [1.29, 1.82) is 0 Å². The highest BCUT2D eigenvalue weighted by molar-refractivity contribution is 5.88. The molecule has 0 radical (unpaired) electrons. The normalized spacial score (nSPS) is 31.3. The van der Waals surface area contributed by atoms with E-state index >= 15 is 0 Å². The smallest absolute Gasteiger partial charge is 0.334 e. The molecule has 0 saturated carbocycles. The van der Waals surface area contributed by atoms with Crippen molar-refractivity contribution in [2.45, 2.75) is 43.4 Å². The molecule has 1 aromatic rings. The zero-order chi connectivity index (χ0) is 28.0. The van der Waals surface area contributed by atoms with Crippen molar-refractivity contribution < 1.29 is 64.3 Å².